The van der Waals surface area contributed by atoms with E-state index in [1.54, 1.807) is 0 Å². The quantitative estimate of drug-likeness (QED) is 0.879. The maximum absolute atomic E-state index is 12.1. The Balaban J connectivity index is 1.48. The summed E-state index contributed by atoms with van der Waals surface area (Å²) in [4.78, 5) is 14.5. The molecule has 2 aromatic carbocycles. The van der Waals surface area contributed by atoms with E-state index in [0.717, 1.165) is 30.6 Å². The monoisotopic (exact) mass is 322 g/mol. The molecular weight excluding hydrogens is 296 g/mol. The van der Waals surface area contributed by atoms with Crippen LogP contribution in [0.5, 0.6) is 0 Å². The molecule has 126 valence electrons. The molecule has 3 heteroatoms. The third kappa shape index (κ3) is 4.38. The number of hydrogen-bond donors (Lipinski definition) is 1. The van der Waals surface area contributed by atoms with Crippen LogP contribution in [0, 0.1) is 0 Å². The fourth-order valence-electron chi connectivity index (χ4n) is 3.14. The summed E-state index contributed by atoms with van der Waals surface area (Å²) in [7, 11) is 0. The second-order valence-corrected chi connectivity index (χ2v) is 6.48. The van der Waals surface area contributed by atoms with Gasteiger partial charge in [-0.15, -0.1) is 0 Å². The summed E-state index contributed by atoms with van der Waals surface area (Å²) in [6, 6.07) is 16.8. The fourth-order valence-corrected chi connectivity index (χ4v) is 3.14. The number of nitrogens with zero attached hydrogens (tertiary/aromatic N) is 1. The van der Waals surface area contributed by atoms with Crippen LogP contribution >= 0.6 is 0 Å². The number of carbonyl (C=O) groups excluding carboxylic acids is 1. The number of carbonyl (C=O) groups is 1. The number of nitrogens with one attached hydrogen (secondary N) is 1. The fraction of sp³-hybridized carbons (Fsp3) is 0.381. The Labute approximate surface area is 144 Å². The lowest BCUT2D eigenvalue weighted by molar-refractivity contribution is -0.120. The van der Waals surface area contributed by atoms with Crippen LogP contribution in [0.1, 0.15) is 36.5 Å². The molecule has 1 fully saturated rings. The predicted octanol–water partition coefficient (Wildman–Crippen LogP) is 3.71. The molecule has 1 amide bonds. The third-order valence-electron chi connectivity index (χ3n) is 4.69. The molecule has 1 saturated heterocycles. The molecule has 3 rings (SSSR count). The Morgan fingerprint density at radius 3 is 2.12 bits per heavy atom. The van der Waals surface area contributed by atoms with Gasteiger partial charge in [0, 0.05) is 25.3 Å². The largest absolute Gasteiger partial charge is 0.372 e. The molecule has 0 bridgehead atoms. The topological polar surface area (TPSA) is 32.3 Å². The molecule has 2 aromatic rings. The van der Waals surface area contributed by atoms with Crippen LogP contribution in [0.25, 0.3) is 0 Å². The maximum atomic E-state index is 12.1. The van der Waals surface area contributed by atoms with E-state index in [4.69, 9.17) is 0 Å². The lowest BCUT2D eigenvalue weighted by Crippen LogP contribution is -2.24. The number of hydrogen-bond acceptors (Lipinski definition) is 2. The van der Waals surface area contributed by atoms with Crippen LogP contribution in [0.4, 0.5) is 5.69 Å². The van der Waals surface area contributed by atoms with Crippen LogP contribution in [0.3, 0.4) is 0 Å². The minimum Gasteiger partial charge on any atom is -0.372 e. The third-order valence-corrected chi connectivity index (χ3v) is 4.69. The molecule has 0 spiro atoms. The van der Waals surface area contributed by atoms with Crippen LogP contribution in [0.15, 0.2) is 48.5 Å². The van der Waals surface area contributed by atoms with Gasteiger partial charge in [-0.1, -0.05) is 43.3 Å². The van der Waals surface area contributed by atoms with Crippen molar-refractivity contribution in [3.63, 3.8) is 0 Å². The molecule has 24 heavy (non-hydrogen) atoms. The van der Waals surface area contributed by atoms with Gasteiger partial charge in [0.1, 0.15) is 0 Å². The van der Waals surface area contributed by atoms with Gasteiger partial charge in [0.2, 0.25) is 5.91 Å². The minimum atomic E-state index is 0.0721. The average Bonchev–Trinajstić information content (AvgIpc) is 3.16. The van der Waals surface area contributed by atoms with Gasteiger partial charge in [-0.05, 0) is 48.1 Å². The first-order valence-electron chi connectivity index (χ1n) is 8.93. The summed E-state index contributed by atoms with van der Waals surface area (Å²) < 4.78 is 0. The van der Waals surface area contributed by atoms with E-state index in [1.165, 1.54) is 24.1 Å². The normalized spacial score (nSPS) is 14.0. The van der Waals surface area contributed by atoms with Crippen LogP contribution < -0.4 is 10.2 Å². The molecular formula is C21H26N2O. The second-order valence-electron chi connectivity index (χ2n) is 6.48. The highest BCUT2D eigenvalue weighted by Crippen LogP contribution is 2.20. The van der Waals surface area contributed by atoms with E-state index in [1.807, 2.05) is 12.1 Å². The molecule has 0 atom stereocenters. The van der Waals surface area contributed by atoms with Crippen LogP contribution in [-0.4, -0.2) is 19.0 Å². The molecule has 0 unspecified atom stereocenters. The Morgan fingerprint density at radius 1 is 0.917 bits per heavy atom. The highest BCUT2D eigenvalue weighted by atomic mass is 16.1. The van der Waals surface area contributed by atoms with Gasteiger partial charge < -0.3 is 10.2 Å². The number of rotatable bonds is 6. The Bertz CT molecular complexity index is 655. The maximum Gasteiger partial charge on any atom is 0.224 e. The average molecular weight is 322 g/mol. The molecule has 1 aliphatic heterocycles. The summed E-state index contributed by atoms with van der Waals surface area (Å²) in [5.74, 6) is 0.0721. The number of anilines is 1. The van der Waals surface area contributed by atoms with Gasteiger partial charge in [-0.2, -0.15) is 0 Å². The lowest BCUT2D eigenvalue weighted by atomic mass is 10.1. The lowest BCUT2D eigenvalue weighted by Gasteiger charge is -2.17. The van der Waals surface area contributed by atoms with Gasteiger partial charge in [-0.25, -0.2) is 0 Å². The zero-order chi connectivity index (χ0) is 16.8. The van der Waals surface area contributed by atoms with Crippen molar-refractivity contribution in [2.45, 2.75) is 39.2 Å². The summed E-state index contributed by atoms with van der Waals surface area (Å²) in [6.45, 7) is 5.04. The van der Waals surface area contributed by atoms with E-state index in [-0.39, 0.29) is 5.91 Å². The van der Waals surface area contributed by atoms with Crippen molar-refractivity contribution in [3.8, 4) is 0 Å². The Hall–Kier alpha value is -2.29. The first-order chi connectivity index (χ1) is 11.7. The molecule has 1 N–H and O–H groups in total. The van der Waals surface area contributed by atoms with Crippen LogP contribution in [-0.2, 0) is 24.2 Å². The van der Waals surface area contributed by atoms with E-state index >= 15 is 0 Å². The van der Waals surface area contributed by atoms with Crippen molar-refractivity contribution < 1.29 is 4.79 Å². The van der Waals surface area contributed by atoms with Crippen molar-refractivity contribution in [2.75, 3.05) is 18.0 Å². The number of amides is 1. The van der Waals surface area contributed by atoms with E-state index < -0.39 is 0 Å². The highest BCUT2D eigenvalue weighted by Gasteiger charge is 2.11. The van der Waals surface area contributed by atoms with E-state index in [0.29, 0.717) is 13.0 Å². The molecule has 0 aromatic heterocycles. The van der Waals surface area contributed by atoms with Gasteiger partial charge in [0.15, 0.2) is 0 Å². The standard InChI is InChI=1S/C21H26N2O/c1-2-17-5-7-18(8-6-17)15-21(24)22-16-19-9-11-20(12-10-19)23-13-3-4-14-23/h5-12H,2-4,13-16H2,1H3,(H,22,24). The second kappa shape index (κ2) is 8.00. The molecule has 0 aliphatic carbocycles. The first-order valence-corrected chi connectivity index (χ1v) is 8.93. The van der Waals surface area contributed by atoms with Gasteiger partial charge in [0.25, 0.3) is 0 Å². The Kier molecular flexibility index (Phi) is 5.52. The van der Waals surface area contributed by atoms with Gasteiger partial charge >= 0.3 is 0 Å². The van der Waals surface area contributed by atoms with E-state index in [2.05, 4.69) is 53.5 Å². The van der Waals surface area contributed by atoms with Crippen molar-refractivity contribution in [1.82, 2.24) is 5.32 Å². The van der Waals surface area contributed by atoms with Crippen molar-refractivity contribution in [1.29, 1.82) is 0 Å². The SMILES string of the molecule is CCc1ccc(CC(=O)NCc2ccc(N3CCCC3)cc2)cc1. The number of aryl methyl sites for hydroxylation is 1. The highest BCUT2D eigenvalue weighted by molar-refractivity contribution is 5.78. The smallest absolute Gasteiger partial charge is 0.224 e. The first kappa shape index (κ1) is 16.6. The van der Waals surface area contributed by atoms with Crippen molar-refractivity contribution in [2.24, 2.45) is 0 Å². The Morgan fingerprint density at radius 2 is 1.50 bits per heavy atom. The van der Waals surface area contributed by atoms with Gasteiger partial charge in [0.05, 0.1) is 6.42 Å². The van der Waals surface area contributed by atoms with Crippen LogP contribution in [0.2, 0.25) is 0 Å². The molecule has 0 saturated carbocycles. The summed E-state index contributed by atoms with van der Waals surface area (Å²) in [6.07, 6.45) is 4.05. The zero-order valence-corrected chi connectivity index (χ0v) is 14.4. The number of benzene rings is 2. The molecule has 1 heterocycles. The van der Waals surface area contributed by atoms with Crippen molar-refractivity contribution >= 4 is 11.6 Å². The summed E-state index contributed by atoms with van der Waals surface area (Å²) >= 11 is 0. The predicted molar refractivity (Wildman–Crippen MR) is 99.3 cm³/mol. The van der Waals surface area contributed by atoms with E-state index in [9.17, 15) is 4.79 Å². The zero-order valence-electron chi connectivity index (χ0n) is 14.4. The molecule has 0 radical (unpaired) electrons. The summed E-state index contributed by atoms with van der Waals surface area (Å²) in [5, 5.41) is 3.01. The molecule has 1 aliphatic rings. The minimum absolute atomic E-state index is 0.0721. The summed E-state index contributed by atoms with van der Waals surface area (Å²) in [5.41, 5.74) is 4.80. The molecule has 3 nitrogen and oxygen atoms in total. The van der Waals surface area contributed by atoms with Gasteiger partial charge in [-0.3, -0.25) is 4.79 Å². The van der Waals surface area contributed by atoms with Crippen molar-refractivity contribution in [3.05, 3.63) is 65.2 Å².